The molecule has 0 saturated carbocycles. The van der Waals surface area contributed by atoms with Gasteiger partial charge in [-0.1, -0.05) is 41.7 Å². The molecule has 0 saturated heterocycles. The number of carbonyl (C=O) groups is 1. The lowest BCUT2D eigenvalue weighted by molar-refractivity contribution is 0.102. The second-order valence-corrected chi connectivity index (χ2v) is 6.01. The Morgan fingerprint density at radius 2 is 1.92 bits per heavy atom. The molecule has 0 atom stereocenters. The molecule has 0 aliphatic carbocycles. The maximum absolute atomic E-state index is 12.4. The van der Waals surface area contributed by atoms with Crippen molar-refractivity contribution in [1.82, 2.24) is 10.2 Å². The fourth-order valence-electron chi connectivity index (χ4n) is 2.22. The van der Waals surface area contributed by atoms with Crippen molar-refractivity contribution >= 4 is 22.4 Å². The highest BCUT2D eigenvalue weighted by Gasteiger charge is 2.14. The van der Waals surface area contributed by atoms with Crippen molar-refractivity contribution in [2.45, 2.75) is 6.92 Å². The number of hydrogen-bond acceptors (Lipinski definition) is 6. The highest BCUT2D eigenvalue weighted by atomic mass is 32.1. The Kier molecular flexibility index (Phi) is 5.25. The number of nitrogens with one attached hydrogen (secondary N) is 1. The van der Waals surface area contributed by atoms with Gasteiger partial charge in [-0.15, -0.1) is 10.2 Å². The van der Waals surface area contributed by atoms with Gasteiger partial charge in [0.2, 0.25) is 5.13 Å². The van der Waals surface area contributed by atoms with Crippen LogP contribution in [-0.2, 0) is 0 Å². The van der Waals surface area contributed by atoms with Gasteiger partial charge in [-0.2, -0.15) is 0 Å². The molecule has 1 amide bonds. The number of ether oxygens (including phenoxy) is 2. The zero-order valence-electron chi connectivity index (χ0n) is 13.9. The standard InChI is InChI=1S/C18H17N3O3S/c1-3-24-14-10-9-13(11-15(14)23-2)16(22)19-18-21-20-17(25-18)12-7-5-4-6-8-12/h4-11H,3H2,1-2H3,(H,19,21,22). The summed E-state index contributed by atoms with van der Waals surface area (Å²) in [7, 11) is 1.54. The van der Waals surface area contributed by atoms with Crippen LogP contribution in [-0.4, -0.2) is 29.8 Å². The van der Waals surface area contributed by atoms with E-state index in [1.165, 1.54) is 18.4 Å². The van der Waals surface area contributed by atoms with Gasteiger partial charge in [-0.05, 0) is 25.1 Å². The van der Waals surface area contributed by atoms with Crippen LogP contribution in [0.3, 0.4) is 0 Å². The van der Waals surface area contributed by atoms with Crippen molar-refractivity contribution in [1.29, 1.82) is 0 Å². The van der Waals surface area contributed by atoms with E-state index in [1.807, 2.05) is 37.3 Å². The molecule has 1 heterocycles. The normalized spacial score (nSPS) is 10.3. The molecule has 3 rings (SSSR count). The number of hydrogen-bond donors (Lipinski definition) is 1. The number of amides is 1. The molecule has 0 fully saturated rings. The van der Waals surface area contributed by atoms with Crippen LogP contribution in [0, 0.1) is 0 Å². The number of nitrogens with zero attached hydrogens (tertiary/aromatic N) is 2. The maximum Gasteiger partial charge on any atom is 0.257 e. The van der Waals surface area contributed by atoms with E-state index < -0.39 is 0 Å². The smallest absolute Gasteiger partial charge is 0.257 e. The largest absolute Gasteiger partial charge is 0.493 e. The van der Waals surface area contributed by atoms with Crippen molar-refractivity contribution in [2.24, 2.45) is 0 Å². The van der Waals surface area contributed by atoms with Crippen molar-refractivity contribution < 1.29 is 14.3 Å². The summed E-state index contributed by atoms with van der Waals surface area (Å²) >= 11 is 1.32. The van der Waals surface area contributed by atoms with E-state index in [1.54, 1.807) is 18.2 Å². The summed E-state index contributed by atoms with van der Waals surface area (Å²) in [5.74, 6) is 0.831. The van der Waals surface area contributed by atoms with Gasteiger partial charge in [-0.3, -0.25) is 10.1 Å². The molecule has 25 heavy (non-hydrogen) atoms. The van der Waals surface area contributed by atoms with Crippen LogP contribution < -0.4 is 14.8 Å². The zero-order valence-corrected chi connectivity index (χ0v) is 14.7. The molecule has 0 bridgehead atoms. The number of rotatable bonds is 6. The first kappa shape index (κ1) is 16.9. The van der Waals surface area contributed by atoms with E-state index in [2.05, 4.69) is 15.5 Å². The summed E-state index contributed by atoms with van der Waals surface area (Å²) in [5.41, 5.74) is 1.42. The van der Waals surface area contributed by atoms with Crippen LogP contribution in [0.15, 0.2) is 48.5 Å². The summed E-state index contributed by atoms with van der Waals surface area (Å²) in [6, 6.07) is 14.7. The minimum atomic E-state index is -0.280. The van der Waals surface area contributed by atoms with E-state index in [4.69, 9.17) is 9.47 Å². The van der Waals surface area contributed by atoms with Crippen LogP contribution >= 0.6 is 11.3 Å². The summed E-state index contributed by atoms with van der Waals surface area (Å²) in [6.45, 7) is 2.41. The fourth-order valence-corrected chi connectivity index (χ4v) is 2.97. The second-order valence-electron chi connectivity index (χ2n) is 5.03. The lowest BCUT2D eigenvalue weighted by Gasteiger charge is -2.10. The number of benzene rings is 2. The summed E-state index contributed by atoms with van der Waals surface area (Å²) in [6.07, 6.45) is 0. The number of carbonyl (C=O) groups excluding carboxylic acids is 1. The maximum atomic E-state index is 12.4. The number of methoxy groups -OCH3 is 1. The molecule has 3 aromatic rings. The van der Waals surface area contributed by atoms with Gasteiger partial charge in [0.1, 0.15) is 5.01 Å². The van der Waals surface area contributed by atoms with Crippen LogP contribution in [0.4, 0.5) is 5.13 Å². The minimum Gasteiger partial charge on any atom is -0.493 e. The van der Waals surface area contributed by atoms with Gasteiger partial charge >= 0.3 is 0 Å². The Morgan fingerprint density at radius 1 is 1.12 bits per heavy atom. The van der Waals surface area contributed by atoms with E-state index in [9.17, 15) is 4.79 Å². The summed E-state index contributed by atoms with van der Waals surface area (Å²) in [4.78, 5) is 12.4. The zero-order chi connectivity index (χ0) is 17.6. The SMILES string of the molecule is CCOc1ccc(C(=O)Nc2nnc(-c3ccccc3)s2)cc1OC. The molecule has 2 aromatic carbocycles. The second kappa shape index (κ2) is 7.76. The highest BCUT2D eigenvalue weighted by Crippen LogP contribution is 2.29. The molecule has 1 N–H and O–H groups in total. The van der Waals surface area contributed by atoms with Gasteiger partial charge in [0.05, 0.1) is 13.7 Å². The third-order valence-electron chi connectivity index (χ3n) is 3.39. The van der Waals surface area contributed by atoms with Crippen LogP contribution in [0.5, 0.6) is 11.5 Å². The topological polar surface area (TPSA) is 73.3 Å². The van der Waals surface area contributed by atoms with E-state index in [-0.39, 0.29) is 5.91 Å². The van der Waals surface area contributed by atoms with Crippen LogP contribution in [0.2, 0.25) is 0 Å². The first-order chi connectivity index (χ1) is 12.2. The number of anilines is 1. The quantitative estimate of drug-likeness (QED) is 0.727. The van der Waals surface area contributed by atoms with Gasteiger partial charge in [0.15, 0.2) is 11.5 Å². The Balaban J connectivity index is 1.75. The van der Waals surface area contributed by atoms with Crippen LogP contribution in [0.1, 0.15) is 17.3 Å². The van der Waals surface area contributed by atoms with Crippen molar-refractivity contribution in [2.75, 3.05) is 19.0 Å². The first-order valence-electron chi connectivity index (χ1n) is 7.72. The Bertz CT molecular complexity index is 865. The molecular formula is C18H17N3O3S. The minimum absolute atomic E-state index is 0.280. The van der Waals surface area contributed by atoms with Crippen molar-refractivity contribution in [3.8, 4) is 22.1 Å². The monoisotopic (exact) mass is 355 g/mol. The summed E-state index contributed by atoms with van der Waals surface area (Å²) < 4.78 is 10.7. The Labute approximate surface area is 149 Å². The molecule has 1 aromatic heterocycles. The van der Waals surface area contributed by atoms with E-state index in [0.29, 0.717) is 28.8 Å². The molecular weight excluding hydrogens is 338 g/mol. The molecule has 0 aliphatic heterocycles. The molecule has 0 aliphatic rings. The molecule has 0 radical (unpaired) electrons. The lowest BCUT2D eigenvalue weighted by Crippen LogP contribution is -2.12. The van der Waals surface area contributed by atoms with E-state index >= 15 is 0 Å². The summed E-state index contributed by atoms with van der Waals surface area (Å²) in [5, 5.41) is 12.1. The molecule has 0 unspecified atom stereocenters. The fraction of sp³-hybridized carbons (Fsp3) is 0.167. The van der Waals surface area contributed by atoms with Crippen LogP contribution in [0.25, 0.3) is 10.6 Å². The lowest BCUT2D eigenvalue weighted by atomic mass is 10.2. The third kappa shape index (κ3) is 3.95. The van der Waals surface area contributed by atoms with Crippen molar-refractivity contribution in [3.63, 3.8) is 0 Å². The van der Waals surface area contributed by atoms with Gasteiger partial charge < -0.3 is 9.47 Å². The first-order valence-corrected chi connectivity index (χ1v) is 8.54. The Hall–Kier alpha value is -2.93. The average molecular weight is 355 g/mol. The molecule has 128 valence electrons. The Morgan fingerprint density at radius 3 is 2.64 bits per heavy atom. The van der Waals surface area contributed by atoms with Gasteiger partial charge in [0.25, 0.3) is 5.91 Å². The van der Waals surface area contributed by atoms with Gasteiger partial charge in [-0.25, -0.2) is 0 Å². The van der Waals surface area contributed by atoms with Crippen molar-refractivity contribution in [3.05, 3.63) is 54.1 Å². The average Bonchev–Trinajstić information content (AvgIpc) is 3.11. The number of aromatic nitrogens is 2. The molecule has 7 heteroatoms. The molecule has 6 nitrogen and oxygen atoms in total. The third-order valence-corrected chi connectivity index (χ3v) is 4.28. The predicted molar refractivity (Wildman–Crippen MR) is 97.5 cm³/mol. The van der Waals surface area contributed by atoms with E-state index in [0.717, 1.165) is 10.6 Å². The molecule has 0 spiro atoms. The van der Waals surface area contributed by atoms with Gasteiger partial charge in [0, 0.05) is 11.1 Å². The predicted octanol–water partition coefficient (Wildman–Crippen LogP) is 3.86. The highest BCUT2D eigenvalue weighted by molar-refractivity contribution is 7.18.